The number of carbonyl (C=O) groups excluding carboxylic acids is 2. The fraction of sp³-hybridized carbons (Fsp3) is 0.278. The molecule has 0 spiro atoms. The predicted molar refractivity (Wildman–Crippen MR) is 95.9 cm³/mol. The first kappa shape index (κ1) is 18.3. The minimum Gasteiger partial charge on any atom is -0.444 e. The minimum absolute atomic E-state index is 0.228. The van der Waals surface area contributed by atoms with Crippen LogP contribution in [0.5, 0.6) is 5.75 Å². The summed E-state index contributed by atoms with van der Waals surface area (Å²) in [5.41, 5.74) is 0.715. The van der Waals surface area contributed by atoms with E-state index in [0.29, 0.717) is 16.6 Å². The Kier molecular flexibility index (Phi) is 5.02. The second-order valence-corrected chi connectivity index (χ2v) is 6.73. The van der Waals surface area contributed by atoms with E-state index in [1.165, 1.54) is 6.20 Å². The summed E-state index contributed by atoms with van der Waals surface area (Å²) in [6, 6.07) is 7.23. The van der Waals surface area contributed by atoms with Crippen molar-refractivity contribution in [2.45, 2.75) is 32.4 Å². The number of ether oxygens (including phenoxy) is 2. The first-order valence-corrected chi connectivity index (χ1v) is 8.24. The number of aromatic nitrogens is 4. The third-order valence-corrected chi connectivity index (χ3v) is 3.44. The Labute approximate surface area is 155 Å². The Morgan fingerprint density at radius 2 is 1.96 bits per heavy atom. The number of carbonyl (C=O) groups is 2. The zero-order valence-electron chi connectivity index (χ0n) is 15.1. The van der Waals surface area contributed by atoms with Crippen LogP contribution in [0.15, 0.2) is 42.7 Å². The van der Waals surface area contributed by atoms with Gasteiger partial charge in [0.25, 0.3) is 0 Å². The highest BCUT2D eigenvalue weighted by Gasteiger charge is 2.28. The molecule has 1 aromatic carbocycles. The van der Waals surface area contributed by atoms with Gasteiger partial charge in [0.15, 0.2) is 17.3 Å². The molecule has 0 aliphatic rings. The molecule has 0 aliphatic carbocycles. The minimum atomic E-state index is -1.10. The smallest absolute Gasteiger partial charge is 0.408 e. The van der Waals surface area contributed by atoms with Gasteiger partial charge in [0.05, 0.1) is 0 Å². The van der Waals surface area contributed by atoms with Crippen LogP contribution in [0.3, 0.4) is 0 Å². The summed E-state index contributed by atoms with van der Waals surface area (Å²) in [6.45, 7) is 5.19. The molecule has 27 heavy (non-hydrogen) atoms. The second kappa shape index (κ2) is 7.40. The number of para-hydroxylation sites is 1. The lowest BCUT2D eigenvalue weighted by atomic mass is 10.1. The molecule has 1 atom stereocenters. The number of hydrogen-bond donors (Lipinski definition) is 2. The van der Waals surface area contributed by atoms with Crippen LogP contribution in [0.2, 0.25) is 0 Å². The van der Waals surface area contributed by atoms with Crippen LogP contribution in [0.4, 0.5) is 4.79 Å². The molecule has 3 rings (SSSR count). The summed E-state index contributed by atoms with van der Waals surface area (Å²) >= 11 is 0. The molecule has 9 heteroatoms. The lowest BCUT2D eigenvalue weighted by Gasteiger charge is -2.23. The van der Waals surface area contributed by atoms with Crippen molar-refractivity contribution in [3.05, 3.63) is 48.3 Å². The molecule has 2 heterocycles. The molecule has 0 radical (unpaired) electrons. The number of pyridine rings is 1. The van der Waals surface area contributed by atoms with E-state index in [1.54, 1.807) is 57.3 Å². The molecular weight excluding hydrogens is 350 g/mol. The molecule has 0 fully saturated rings. The number of H-pyrrole nitrogens is 1. The van der Waals surface area contributed by atoms with Crippen molar-refractivity contribution in [3.63, 3.8) is 0 Å². The fourth-order valence-corrected chi connectivity index (χ4v) is 2.34. The predicted octanol–water partition coefficient (Wildman–Crippen LogP) is 2.52. The highest BCUT2D eigenvalue weighted by molar-refractivity contribution is 5.88. The molecule has 0 aliphatic heterocycles. The van der Waals surface area contributed by atoms with E-state index in [9.17, 15) is 9.59 Å². The van der Waals surface area contributed by atoms with Gasteiger partial charge in [-0.2, -0.15) is 15.4 Å². The third-order valence-electron chi connectivity index (χ3n) is 3.44. The van der Waals surface area contributed by atoms with Crippen molar-refractivity contribution < 1.29 is 19.1 Å². The van der Waals surface area contributed by atoms with Gasteiger partial charge in [-0.25, -0.2) is 9.59 Å². The van der Waals surface area contributed by atoms with Crippen LogP contribution in [0.1, 0.15) is 32.4 Å². The van der Waals surface area contributed by atoms with Gasteiger partial charge in [-0.15, -0.1) is 0 Å². The largest absolute Gasteiger partial charge is 0.444 e. The maximum atomic E-state index is 12.8. The Hall–Kier alpha value is -3.49. The van der Waals surface area contributed by atoms with E-state index in [-0.39, 0.29) is 5.75 Å². The van der Waals surface area contributed by atoms with Gasteiger partial charge in [0.2, 0.25) is 0 Å². The Balaban J connectivity index is 1.85. The monoisotopic (exact) mass is 369 g/mol. The second-order valence-electron chi connectivity index (χ2n) is 6.73. The number of nitrogens with one attached hydrogen (secondary N) is 2. The summed E-state index contributed by atoms with van der Waals surface area (Å²) in [4.78, 5) is 29.0. The van der Waals surface area contributed by atoms with Gasteiger partial charge in [-0.1, -0.05) is 12.1 Å². The first-order chi connectivity index (χ1) is 12.8. The Bertz CT molecular complexity index is 949. The summed E-state index contributed by atoms with van der Waals surface area (Å²) < 4.78 is 10.7. The van der Waals surface area contributed by atoms with Crippen molar-refractivity contribution in [2.75, 3.05) is 0 Å². The molecular formula is C18H19N5O4. The van der Waals surface area contributed by atoms with Gasteiger partial charge < -0.3 is 14.8 Å². The summed E-state index contributed by atoms with van der Waals surface area (Å²) in [7, 11) is 0. The average molecular weight is 369 g/mol. The average Bonchev–Trinajstić information content (AvgIpc) is 3.08. The SMILES string of the molecule is CC(C)(C)OC(=O)NC(C(=O)Oc1cccc2n[nH]nc12)c1cccnc1. The lowest BCUT2D eigenvalue weighted by molar-refractivity contribution is -0.136. The van der Waals surface area contributed by atoms with Crippen molar-refractivity contribution in [3.8, 4) is 5.75 Å². The molecule has 1 amide bonds. The Morgan fingerprint density at radius 1 is 1.15 bits per heavy atom. The van der Waals surface area contributed by atoms with Crippen LogP contribution in [0, 0.1) is 0 Å². The van der Waals surface area contributed by atoms with E-state index in [0.717, 1.165) is 0 Å². The van der Waals surface area contributed by atoms with Crippen LogP contribution < -0.4 is 10.1 Å². The summed E-state index contributed by atoms with van der Waals surface area (Å²) in [5.74, 6) is -0.476. The zero-order chi connectivity index (χ0) is 19.4. The maximum Gasteiger partial charge on any atom is 0.408 e. The number of rotatable bonds is 4. The van der Waals surface area contributed by atoms with Crippen molar-refractivity contribution in [1.82, 2.24) is 25.7 Å². The number of aromatic amines is 1. The quantitative estimate of drug-likeness (QED) is 0.536. The first-order valence-electron chi connectivity index (χ1n) is 8.24. The van der Waals surface area contributed by atoms with Gasteiger partial charge in [-0.3, -0.25) is 4.98 Å². The van der Waals surface area contributed by atoms with E-state index in [2.05, 4.69) is 25.7 Å². The van der Waals surface area contributed by atoms with Crippen molar-refractivity contribution in [1.29, 1.82) is 0 Å². The third kappa shape index (κ3) is 4.57. The molecule has 140 valence electrons. The molecule has 0 saturated carbocycles. The van der Waals surface area contributed by atoms with Gasteiger partial charge in [-0.05, 0) is 39.0 Å². The number of esters is 1. The number of fused-ring (bicyclic) bond motifs is 1. The van der Waals surface area contributed by atoms with Crippen molar-refractivity contribution in [2.24, 2.45) is 0 Å². The topological polar surface area (TPSA) is 119 Å². The molecule has 1 unspecified atom stereocenters. The van der Waals surface area contributed by atoms with E-state index >= 15 is 0 Å². The number of amides is 1. The molecule has 2 aromatic heterocycles. The number of benzene rings is 1. The van der Waals surface area contributed by atoms with Crippen LogP contribution >= 0.6 is 0 Å². The van der Waals surface area contributed by atoms with E-state index in [1.807, 2.05) is 0 Å². The van der Waals surface area contributed by atoms with Crippen molar-refractivity contribution >= 4 is 23.1 Å². The van der Waals surface area contributed by atoms with Gasteiger partial charge in [0, 0.05) is 18.0 Å². The standard InChI is InChI=1S/C18H19N5O4/c1-18(2,3)27-17(25)20-14(11-6-5-9-19-10-11)16(24)26-13-8-4-7-12-15(13)22-23-21-12/h4-10,14H,1-3H3,(H,20,25)(H,21,22,23). The Morgan fingerprint density at radius 3 is 2.67 bits per heavy atom. The van der Waals surface area contributed by atoms with Crippen LogP contribution in [-0.4, -0.2) is 38.1 Å². The molecule has 2 N–H and O–H groups in total. The fourth-order valence-electron chi connectivity index (χ4n) is 2.34. The van der Waals surface area contributed by atoms with Crippen LogP contribution in [-0.2, 0) is 9.53 Å². The van der Waals surface area contributed by atoms with Gasteiger partial charge >= 0.3 is 12.1 Å². The van der Waals surface area contributed by atoms with Gasteiger partial charge in [0.1, 0.15) is 11.1 Å². The lowest BCUT2D eigenvalue weighted by Crippen LogP contribution is -2.39. The van der Waals surface area contributed by atoms with E-state index in [4.69, 9.17) is 9.47 Å². The number of hydrogen-bond acceptors (Lipinski definition) is 7. The zero-order valence-corrected chi connectivity index (χ0v) is 15.1. The maximum absolute atomic E-state index is 12.8. The number of nitrogens with zero attached hydrogens (tertiary/aromatic N) is 3. The molecule has 3 aromatic rings. The van der Waals surface area contributed by atoms with E-state index < -0.39 is 23.7 Å². The number of alkyl carbamates (subject to hydrolysis) is 1. The summed E-state index contributed by atoms with van der Waals surface area (Å²) in [5, 5.41) is 12.9. The molecule has 9 nitrogen and oxygen atoms in total. The van der Waals surface area contributed by atoms with Crippen LogP contribution in [0.25, 0.3) is 11.0 Å². The highest BCUT2D eigenvalue weighted by atomic mass is 16.6. The normalized spacial score (nSPS) is 12.4. The highest BCUT2D eigenvalue weighted by Crippen LogP contribution is 2.24. The molecule has 0 saturated heterocycles. The molecule has 0 bridgehead atoms. The summed E-state index contributed by atoms with van der Waals surface area (Å²) in [6.07, 6.45) is 2.29.